The van der Waals surface area contributed by atoms with E-state index in [-0.39, 0.29) is 12.3 Å². The van der Waals surface area contributed by atoms with Crippen LogP contribution < -0.4 is 4.74 Å². The first-order valence-electron chi connectivity index (χ1n) is 5.22. The second-order valence-electron chi connectivity index (χ2n) is 3.66. The van der Waals surface area contributed by atoms with E-state index in [4.69, 9.17) is 16.3 Å². The third-order valence-electron chi connectivity index (χ3n) is 2.32. The standard InChI is InChI=1S/C12H8BrClN2O3/c13-9-3-11(6-15-5-9)19-7-8-1-2-10(14)4-12(8)16(17)18/h1-6H,7H2. The first kappa shape index (κ1) is 13.8. The number of rotatable bonds is 4. The van der Waals surface area contributed by atoms with Crippen LogP contribution in [0.2, 0.25) is 5.02 Å². The van der Waals surface area contributed by atoms with Crippen LogP contribution in [0.1, 0.15) is 5.56 Å². The number of nitro benzene ring substituents is 1. The minimum atomic E-state index is -0.482. The molecule has 0 fully saturated rings. The van der Waals surface area contributed by atoms with Crippen molar-refractivity contribution in [1.29, 1.82) is 0 Å². The van der Waals surface area contributed by atoms with Crippen molar-refractivity contribution in [2.24, 2.45) is 0 Å². The average Bonchev–Trinajstić information content (AvgIpc) is 2.37. The van der Waals surface area contributed by atoms with Gasteiger partial charge in [-0.05, 0) is 34.1 Å². The van der Waals surface area contributed by atoms with Gasteiger partial charge in [-0.25, -0.2) is 0 Å². The van der Waals surface area contributed by atoms with Gasteiger partial charge in [-0.15, -0.1) is 0 Å². The molecule has 0 amide bonds. The minimum Gasteiger partial charge on any atom is -0.487 e. The van der Waals surface area contributed by atoms with Crippen molar-refractivity contribution in [1.82, 2.24) is 4.98 Å². The van der Waals surface area contributed by atoms with Gasteiger partial charge in [0.1, 0.15) is 12.4 Å². The van der Waals surface area contributed by atoms with Crippen LogP contribution in [0, 0.1) is 10.1 Å². The fourth-order valence-corrected chi connectivity index (χ4v) is 1.97. The summed E-state index contributed by atoms with van der Waals surface area (Å²) in [5.74, 6) is 0.527. The largest absolute Gasteiger partial charge is 0.487 e. The van der Waals surface area contributed by atoms with E-state index in [0.29, 0.717) is 16.3 Å². The summed E-state index contributed by atoms with van der Waals surface area (Å²) in [6, 6.07) is 6.20. The van der Waals surface area contributed by atoms with E-state index < -0.39 is 4.92 Å². The van der Waals surface area contributed by atoms with Crippen molar-refractivity contribution in [3.63, 3.8) is 0 Å². The molecular formula is C12H8BrClN2O3. The molecule has 0 unspecified atom stereocenters. The SMILES string of the molecule is O=[N+]([O-])c1cc(Cl)ccc1COc1cncc(Br)c1. The lowest BCUT2D eigenvalue weighted by atomic mass is 10.2. The lowest BCUT2D eigenvalue weighted by Gasteiger charge is -2.07. The van der Waals surface area contributed by atoms with Crippen LogP contribution >= 0.6 is 27.5 Å². The maximum Gasteiger partial charge on any atom is 0.277 e. The van der Waals surface area contributed by atoms with Crippen LogP contribution in [0.5, 0.6) is 5.75 Å². The van der Waals surface area contributed by atoms with E-state index >= 15 is 0 Å². The first-order valence-corrected chi connectivity index (χ1v) is 6.39. The van der Waals surface area contributed by atoms with Gasteiger partial charge in [-0.1, -0.05) is 11.6 Å². The van der Waals surface area contributed by atoms with Gasteiger partial charge in [0.15, 0.2) is 0 Å². The molecule has 1 aromatic carbocycles. The molecular weight excluding hydrogens is 336 g/mol. The number of hydrogen-bond acceptors (Lipinski definition) is 4. The fraction of sp³-hybridized carbons (Fsp3) is 0.0833. The van der Waals surface area contributed by atoms with Gasteiger partial charge in [-0.2, -0.15) is 0 Å². The molecule has 0 radical (unpaired) electrons. The van der Waals surface area contributed by atoms with Crippen LogP contribution in [-0.2, 0) is 6.61 Å². The Kier molecular flexibility index (Phi) is 4.34. The number of benzene rings is 1. The zero-order valence-electron chi connectivity index (χ0n) is 9.55. The van der Waals surface area contributed by atoms with E-state index in [2.05, 4.69) is 20.9 Å². The summed E-state index contributed by atoms with van der Waals surface area (Å²) in [6.45, 7) is 0.0750. The summed E-state index contributed by atoms with van der Waals surface area (Å²) in [5.41, 5.74) is 0.393. The molecule has 0 spiro atoms. The summed E-state index contributed by atoms with van der Waals surface area (Å²) in [5, 5.41) is 11.2. The van der Waals surface area contributed by atoms with Crippen molar-refractivity contribution >= 4 is 33.2 Å². The van der Waals surface area contributed by atoms with Crippen LogP contribution in [0.15, 0.2) is 41.1 Å². The molecule has 2 rings (SSSR count). The molecule has 0 atom stereocenters. The summed E-state index contributed by atoms with van der Waals surface area (Å²) >= 11 is 9.00. The fourth-order valence-electron chi connectivity index (χ4n) is 1.46. The van der Waals surface area contributed by atoms with Gasteiger partial charge in [0.05, 0.1) is 16.7 Å². The Morgan fingerprint density at radius 3 is 2.84 bits per heavy atom. The Morgan fingerprint density at radius 1 is 1.37 bits per heavy atom. The number of pyridine rings is 1. The maximum atomic E-state index is 10.9. The van der Waals surface area contributed by atoms with Crippen LogP contribution in [0.4, 0.5) is 5.69 Å². The summed E-state index contributed by atoms with van der Waals surface area (Å²) in [4.78, 5) is 14.4. The highest BCUT2D eigenvalue weighted by Crippen LogP contribution is 2.25. The first-order chi connectivity index (χ1) is 9.06. The Morgan fingerprint density at radius 2 is 2.16 bits per heavy atom. The van der Waals surface area contributed by atoms with Crippen LogP contribution in [0.3, 0.4) is 0 Å². The van der Waals surface area contributed by atoms with Crippen molar-refractivity contribution in [3.05, 3.63) is 61.8 Å². The van der Waals surface area contributed by atoms with Gasteiger partial charge < -0.3 is 4.74 Å². The molecule has 0 bridgehead atoms. The molecule has 0 saturated carbocycles. The number of nitro groups is 1. The lowest BCUT2D eigenvalue weighted by Crippen LogP contribution is -2.00. The van der Waals surface area contributed by atoms with Crippen molar-refractivity contribution in [2.75, 3.05) is 0 Å². The van der Waals surface area contributed by atoms with Gasteiger partial charge in [0.2, 0.25) is 0 Å². The molecule has 2 aromatic rings. The van der Waals surface area contributed by atoms with Crippen molar-refractivity contribution < 1.29 is 9.66 Å². The van der Waals surface area contributed by atoms with E-state index in [1.165, 1.54) is 12.3 Å². The highest BCUT2D eigenvalue weighted by molar-refractivity contribution is 9.10. The Hall–Kier alpha value is -1.66. The molecule has 19 heavy (non-hydrogen) atoms. The topological polar surface area (TPSA) is 65.3 Å². The summed E-state index contributed by atoms with van der Waals surface area (Å²) in [7, 11) is 0. The zero-order chi connectivity index (χ0) is 13.8. The van der Waals surface area contributed by atoms with Crippen molar-refractivity contribution in [3.8, 4) is 5.75 Å². The lowest BCUT2D eigenvalue weighted by molar-refractivity contribution is -0.385. The molecule has 98 valence electrons. The number of ether oxygens (including phenoxy) is 1. The van der Waals surface area contributed by atoms with Gasteiger partial charge >= 0.3 is 0 Å². The highest BCUT2D eigenvalue weighted by atomic mass is 79.9. The molecule has 0 aliphatic carbocycles. The third kappa shape index (κ3) is 3.65. The zero-order valence-corrected chi connectivity index (χ0v) is 11.9. The summed E-state index contributed by atoms with van der Waals surface area (Å²) < 4.78 is 6.24. The van der Waals surface area contributed by atoms with Crippen LogP contribution in [-0.4, -0.2) is 9.91 Å². The monoisotopic (exact) mass is 342 g/mol. The molecule has 5 nitrogen and oxygen atoms in total. The Bertz CT molecular complexity index is 622. The second-order valence-corrected chi connectivity index (χ2v) is 5.01. The molecule has 0 N–H and O–H groups in total. The number of aromatic nitrogens is 1. The van der Waals surface area contributed by atoms with Gasteiger partial charge in [0, 0.05) is 21.8 Å². The van der Waals surface area contributed by atoms with Gasteiger partial charge in [-0.3, -0.25) is 15.1 Å². The smallest absolute Gasteiger partial charge is 0.277 e. The normalized spacial score (nSPS) is 10.2. The number of hydrogen-bond donors (Lipinski definition) is 0. The predicted molar refractivity (Wildman–Crippen MR) is 74.4 cm³/mol. The van der Waals surface area contributed by atoms with Crippen LogP contribution in [0.25, 0.3) is 0 Å². The number of nitrogens with zero attached hydrogens (tertiary/aromatic N) is 2. The molecule has 0 aliphatic heterocycles. The molecule has 1 aromatic heterocycles. The third-order valence-corrected chi connectivity index (χ3v) is 2.99. The van der Waals surface area contributed by atoms with E-state index in [9.17, 15) is 10.1 Å². The number of halogens is 2. The quantitative estimate of drug-likeness (QED) is 0.622. The Balaban J connectivity index is 2.17. The maximum absolute atomic E-state index is 10.9. The van der Waals surface area contributed by atoms with E-state index in [1.54, 1.807) is 24.4 Å². The minimum absolute atomic E-state index is 0.0598. The molecule has 0 aliphatic rings. The molecule has 1 heterocycles. The Labute approximate surface area is 122 Å². The molecule has 0 saturated heterocycles. The predicted octanol–water partition coefficient (Wildman–Crippen LogP) is 3.98. The van der Waals surface area contributed by atoms with Crippen molar-refractivity contribution in [2.45, 2.75) is 6.61 Å². The summed E-state index contributed by atoms with van der Waals surface area (Å²) in [6.07, 6.45) is 3.16. The molecule has 7 heteroatoms. The van der Waals surface area contributed by atoms with E-state index in [0.717, 1.165) is 4.47 Å². The average molecular weight is 344 g/mol. The van der Waals surface area contributed by atoms with E-state index in [1.807, 2.05) is 0 Å². The second kappa shape index (κ2) is 5.99. The highest BCUT2D eigenvalue weighted by Gasteiger charge is 2.14. The van der Waals surface area contributed by atoms with Gasteiger partial charge in [0.25, 0.3) is 5.69 Å².